The Hall–Kier alpha value is -3.00. The van der Waals surface area contributed by atoms with Gasteiger partial charge in [0.15, 0.2) is 0 Å². The molecule has 1 unspecified atom stereocenters. The number of aromatic nitrogens is 4. The first-order valence-electron chi connectivity index (χ1n) is 11.9. The fourth-order valence-electron chi connectivity index (χ4n) is 5.02. The summed E-state index contributed by atoms with van der Waals surface area (Å²) in [5, 5.41) is 18.7. The van der Waals surface area contributed by atoms with Crippen molar-refractivity contribution in [3.63, 3.8) is 0 Å². The van der Waals surface area contributed by atoms with Gasteiger partial charge in [-0.05, 0) is 55.1 Å². The molecule has 5 rings (SSSR count). The van der Waals surface area contributed by atoms with Crippen LogP contribution in [0.2, 0.25) is 0 Å². The van der Waals surface area contributed by atoms with Gasteiger partial charge in [0.25, 0.3) is 0 Å². The molecule has 33 heavy (non-hydrogen) atoms. The Kier molecular flexibility index (Phi) is 6.81. The Bertz CT molecular complexity index is 1130. The summed E-state index contributed by atoms with van der Waals surface area (Å²) in [6.45, 7) is 5.61. The van der Waals surface area contributed by atoms with Gasteiger partial charge in [-0.15, -0.1) is 10.2 Å². The van der Waals surface area contributed by atoms with Gasteiger partial charge in [0.1, 0.15) is 12.7 Å². The normalized spacial score (nSPS) is 16.4. The minimum atomic E-state index is 0.226. The summed E-state index contributed by atoms with van der Waals surface area (Å²) in [5.41, 5.74) is 4.93. The number of nitrogens with zero attached hydrogens (tertiary/aromatic N) is 5. The van der Waals surface area contributed by atoms with E-state index in [1.165, 1.54) is 22.0 Å². The molecule has 0 saturated carbocycles. The van der Waals surface area contributed by atoms with E-state index in [2.05, 4.69) is 79.7 Å². The molecule has 4 aromatic rings. The highest BCUT2D eigenvalue weighted by Gasteiger charge is 2.24. The lowest BCUT2D eigenvalue weighted by Gasteiger charge is -2.39. The van der Waals surface area contributed by atoms with Crippen LogP contribution in [0.5, 0.6) is 0 Å². The monoisotopic (exact) mass is 444 g/mol. The van der Waals surface area contributed by atoms with Crippen molar-refractivity contribution in [3.8, 4) is 5.69 Å². The zero-order valence-electron chi connectivity index (χ0n) is 19.0. The standard InChI is InChI=1S/C26H32N6O/c33-16-10-26(21-5-2-1-3-6-21)31-14-12-30(13-15-31)11-4-7-22-18-27-25-9-8-23(17-24(22)25)32-19-28-29-20-32/h1-3,5-6,8-9,17-20,26-27,33H,4,7,10-16H2. The largest absolute Gasteiger partial charge is 0.396 e. The molecule has 1 atom stereocenters. The third kappa shape index (κ3) is 5.00. The lowest BCUT2D eigenvalue weighted by Crippen LogP contribution is -2.48. The molecule has 0 radical (unpaired) electrons. The number of benzene rings is 2. The van der Waals surface area contributed by atoms with Crippen LogP contribution >= 0.6 is 0 Å². The SMILES string of the molecule is OCCC(c1ccccc1)N1CCN(CCCc2c[nH]c3ccc(-n4cnnc4)cc23)CC1. The summed E-state index contributed by atoms with van der Waals surface area (Å²) in [6.07, 6.45) is 8.61. The molecule has 7 heteroatoms. The molecule has 0 bridgehead atoms. The van der Waals surface area contributed by atoms with E-state index in [9.17, 15) is 5.11 Å². The Morgan fingerprint density at radius 3 is 2.52 bits per heavy atom. The van der Waals surface area contributed by atoms with Crippen molar-refractivity contribution in [3.05, 3.63) is 78.5 Å². The fraction of sp³-hybridized carbons (Fsp3) is 0.385. The number of hydrogen-bond donors (Lipinski definition) is 2. The molecule has 1 fully saturated rings. The van der Waals surface area contributed by atoms with Crippen molar-refractivity contribution in [2.45, 2.75) is 25.3 Å². The van der Waals surface area contributed by atoms with Gasteiger partial charge >= 0.3 is 0 Å². The third-order valence-corrected chi connectivity index (χ3v) is 6.82. The van der Waals surface area contributed by atoms with Gasteiger partial charge in [0.05, 0.1) is 0 Å². The number of hydrogen-bond acceptors (Lipinski definition) is 5. The van der Waals surface area contributed by atoms with Crippen LogP contribution in [0, 0.1) is 0 Å². The van der Waals surface area contributed by atoms with Crippen molar-refractivity contribution in [1.82, 2.24) is 29.5 Å². The van der Waals surface area contributed by atoms with Crippen LogP contribution in [0.4, 0.5) is 0 Å². The second-order valence-electron chi connectivity index (χ2n) is 8.83. The molecule has 2 aromatic heterocycles. The van der Waals surface area contributed by atoms with Gasteiger partial charge in [0.2, 0.25) is 0 Å². The molecule has 1 saturated heterocycles. The number of H-pyrrole nitrogens is 1. The summed E-state index contributed by atoms with van der Waals surface area (Å²) >= 11 is 0. The molecule has 172 valence electrons. The molecular weight excluding hydrogens is 412 g/mol. The number of aliphatic hydroxyl groups excluding tert-OH is 1. The fourth-order valence-corrected chi connectivity index (χ4v) is 5.02. The summed E-state index contributed by atoms with van der Waals surface area (Å²) in [4.78, 5) is 8.53. The number of fused-ring (bicyclic) bond motifs is 1. The van der Waals surface area contributed by atoms with Crippen LogP contribution in [0.1, 0.15) is 30.0 Å². The number of piperazine rings is 1. The maximum absolute atomic E-state index is 9.59. The van der Waals surface area contributed by atoms with Gasteiger partial charge in [-0.2, -0.15) is 0 Å². The highest BCUT2D eigenvalue weighted by Crippen LogP contribution is 2.26. The summed E-state index contributed by atoms with van der Waals surface area (Å²) in [7, 11) is 0. The minimum absolute atomic E-state index is 0.226. The van der Waals surface area contributed by atoms with Crippen molar-refractivity contribution in [2.24, 2.45) is 0 Å². The second kappa shape index (κ2) is 10.3. The topological polar surface area (TPSA) is 73.2 Å². The quantitative estimate of drug-likeness (QED) is 0.414. The van der Waals surface area contributed by atoms with Crippen LogP contribution < -0.4 is 0 Å². The van der Waals surface area contributed by atoms with E-state index in [0.717, 1.165) is 57.7 Å². The zero-order valence-corrected chi connectivity index (χ0v) is 19.0. The van der Waals surface area contributed by atoms with E-state index in [1.807, 2.05) is 4.57 Å². The highest BCUT2D eigenvalue weighted by molar-refractivity contribution is 5.85. The van der Waals surface area contributed by atoms with Gasteiger partial charge in [-0.25, -0.2) is 0 Å². The second-order valence-corrected chi connectivity index (χ2v) is 8.83. The maximum Gasteiger partial charge on any atom is 0.123 e. The number of rotatable bonds is 9. The van der Waals surface area contributed by atoms with Crippen LogP contribution in [0.25, 0.3) is 16.6 Å². The predicted octanol–water partition coefficient (Wildman–Crippen LogP) is 3.42. The van der Waals surface area contributed by atoms with Crippen molar-refractivity contribution < 1.29 is 5.11 Å². The van der Waals surface area contributed by atoms with Gasteiger partial charge < -0.3 is 15.0 Å². The van der Waals surface area contributed by atoms with Crippen molar-refractivity contribution in [1.29, 1.82) is 0 Å². The summed E-state index contributed by atoms with van der Waals surface area (Å²) < 4.78 is 1.94. The Morgan fingerprint density at radius 2 is 1.76 bits per heavy atom. The van der Waals surface area contributed by atoms with Crippen LogP contribution in [0.3, 0.4) is 0 Å². The van der Waals surface area contributed by atoms with Crippen LogP contribution in [0.15, 0.2) is 67.4 Å². The lowest BCUT2D eigenvalue weighted by atomic mass is 10.0. The van der Waals surface area contributed by atoms with E-state index in [-0.39, 0.29) is 6.61 Å². The smallest absolute Gasteiger partial charge is 0.123 e. The number of aryl methyl sites for hydroxylation is 1. The molecule has 1 aliphatic rings. The zero-order chi connectivity index (χ0) is 22.5. The molecule has 0 spiro atoms. The first kappa shape index (κ1) is 21.8. The molecule has 3 heterocycles. The number of nitrogens with one attached hydrogen (secondary N) is 1. The molecule has 1 aliphatic heterocycles. The van der Waals surface area contributed by atoms with Gasteiger partial charge in [-0.3, -0.25) is 9.47 Å². The average molecular weight is 445 g/mol. The Morgan fingerprint density at radius 1 is 0.970 bits per heavy atom. The van der Waals surface area contributed by atoms with Gasteiger partial charge in [0, 0.05) is 61.6 Å². The molecule has 0 aliphatic carbocycles. The average Bonchev–Trinajstić information content (AvgIpc) is 3.54. The molecule has 2 N–H and O–H groups in total. The third-order valence-electron chi connectivity index (χ3n) is 6.82. The van der Waals surface area contributed by atoms with Gasteiger partial charge in [-0.1, -0.05) is 30.3 Å². The number of aromatic amines is 1. The summed E-state index contributed by atoms with van der Waals surface area (Å²) in [6, 6.07) is 17.4. The first-order valence-corrected chi connectivity index (χ1v) is 11.9. The lowest BCUT2D eigenvalue weighted by molar-refractivity contribution is 0.0819. The van der Waals surface area contributed by atoms with Crippen molar-refractivity contribution in [2.75, 3.05) is 39.3 Å². The molecular formula is C26H32N6O. The van der Waals surface area contributed by atoms with Crippen LogP contribution in [-0.2, 0) is 6.42 Å². The van der Waals surface area contributed by atoms with Crippen LogP contribution in [-0.4, -0.2) is 74.0 Å². The summed E-state index contributed by atoms with van der Waals surface area (Å²) in [5.74, 6) is 0. The first-order chi connectivity index (χ1) is 16.3. The van der Waals surface area contributed by atoms with E-state index >= 15 is 0 Å². The predicted molar refractivity (Wildman–Crippen MR) is 130 cm³/mol. The molecule has 2 aromatic carbocycles. The van der Waals surface area contributed by atoms with E-state index < -0.39 is 0 Å². The van der Waals surface area contributed by atoms with E-state index in [4.69, 9.17) is 0 Å². The molecule has 7 nitrogen and oxygen atoms in total. The van der Waals surface area contributed by atoms with E-state index in [1.54, 1.807) is 12.7 Å². The van der Waals surface area contributed by atoms with E-state index in [0.29, 0.717) is 6.04 Å². The minimum Gasteiger partial charge on any atom is -0.396 e. The molecule has 0 amide bonds. The maximum atomic E-state index is 9.59. The van der Waals surface area contributed by atoms with Crippen molar-refractivity contribution >= 4 is 10.9 Å². The Labute approximate surface area is 194 Å². The Balaban J connectivity index is 1.15. The number of aliphatic hydroxyl groups is 1. The highest BCUT2D eigenvalue weighted by atomic mass is 16.3.